The quantitative estimate of drug-likeness (QED) is 0.814. The van der Waals surface area contributed by atoms with Gasteiger partial charge in [-0.15, -0.1) is 0 Å². The average molecular weight is 322 g/mol. The van der Waals surface area contributed by atoms with E-state index >= 15 is 0 Å². The molecule has 2 rings (SSSR count). The van der Waals surface area contributed by atoms with Gasteiger partial charge in [-0.3, -0.25) is 9.90 Å². The minimum atomic E-state index is -0.985. The van der Waals surface area contributed by atoms with Crippen LogP contribution in [0.4, 0.5) is 0 Å². The molecule has 0 saturated carbocycles. The van der Waals surface area contributed by atoms with Crippen LogP contribution in [0.25, 0.3) is 0 Å². The summed E-state index contributed by atoms with van der Waals surface area (Å²) in [6.45, 7) is 7.40. The summed E-state index contributed by atoms with van der Waals surface area (Å²) in [7, 11) is 1.39. The standard InChI is InChI=1S/C17H24NO5/c1-9-10(2)15-12(11(3)14(9)19)6-7-17(4,23-15)8-13(16(20)21)18-22-5/h13,18H,6-8H2,1-5H3,(H,20,21). The SMILES string of the molecule is CONC(CC1(C)CCc2c(C)c([O])c(C)c(C)c2O1)C(=O)O. The summed E-state index contributed by atoms with van der Waals surface area (Å²) in [5.74, 6) is -0.186. The van der Waals surface area contributed by atoms with Crippen LogP contribution in [0.5, 0.6) is 11.5 Å². The lowest BCUT2D eigenvalue weighted by atomic mass is 9.84. The summed E-state index contributed by atoms with van der Waals surface area (Å²) in [4.78, 5) is 16.1. The van der Waals surface area contributed by atoms with Crippen LogP contribution in [0.2, 0.25) is 0 Å². The van der Waals surface area contributed by atoms with E-state index in [-0.39, 0.29) is 12.2 Å². The summed E-state index contributed by atoms with van der Waals surface area (Å²) < 4.78 is 6.20. The van der Waals surface area contributed by atoms with Crippen LogP contribution in [-0.2, 0) is 21.2 Å². The highest BCUT2D eigenvalue weighted by Crippen LogP contribution is 2.44. The molecule has 2 N–H and O–H groups in total. The lowest BCUT2D eigenvalue weighted by Crippen LogP contribution is -2.47. The summed E-state index contributed by atoms with van der Waals surface area (Å²) in [6, 6.07) is -0.854. The molecule has 6 nitrogen and oxygen atoms in total. The highest BCUT2D eigenvalue weighted by Gasteiger charge is 2.38. The van der Waals surface area contributed by atoms with Crippen molar-refractivity contribution < 1.29 is 24.6 Å². The zero-order valence-corrected chi connectivity index (χ0v) is 14.3. The van der Waals surface area contributed by atoms with Crippen molar-refractivity contribution in [2.75, 3.05) is 7.11 Å². The average Bonchev–Trinajstić information content (AvgIpc) is 2.50. The van der Waals surface area contributed by atoms with Crippen LogP contribution in [0.15, 0.2) is 0 Å². The van der Waals surface area contributed by atoms with Gasteiger partial charge in [-0.25, -0.2) is 0 Å². The summed E-state index contributed by atoms with van der Waals surface area (Å²) in [5.41, 5.74) is 5.07. The van der Waals surface area contributed by atoms with E-state index in [4.69, 9.17) is 9.57 Å². The van der Waals surface area contributed by atoms with Gasteiger partial charge in [-0.1, -0.05) is 0 Å². The zero-order chi connectivity index (χ0) is 17.4. The Hall–Kier alpha value is -1.79. The fourth-order valence-corrected chi connectivity index (χ4v) is 3.18. The number of carbonyl (C=O) groups is 1. The van der Waals surface area contributed by atoms with Crippen LogP contribution in [-0.4, -0.2) is 29.8 Å². The van der Waals surface area contributed by atoms with Crippen LogP contribution in [0.1, 0.15) is 42.0 Å². The molecule has 0 aliphatic carbocycles. The highest BCUT2D eigenvalue weighted by atomic mass is 16.6. The Kier molecular flexibility index (Phi) is 4.87. The molecule has 6 heteroatoms. The van der Waals surface area contributed by atoms with Crippen molar-refractivity contribution in [2.24, 2.45) is 0 Å². The van der Waals surface area contributed by atoms with Gasteiger partial charge in [0.2, 0.25) is 0 Å². The molecule has 23 heavy (non-hydrogen) atoms. The van der Waals surface area contributed by atoms with E-state index in [1.54, 1.807) is 6.92 Å². The van der Waals surface area contributed by atoms with E-state index in [9.17, 15) is 15.0 Å². The third-order valence-electron chi connectivity index (χ3n) is 4.76. The molecule has 1 aromatic rings. The fourth-order valence-electron chi connectivity index (χ4n) is 3.18. The van der Waals surface area contributed by atoms with Gasteiger partial charge in [0.15, 0.2) is 5.75 Å². The summed E-state index contributed by atoms with van der Waals surface area (Å²) in [5, 5.41) is 21.5. The second-order valence-electron chi connectivity index (χ2n) is 6.48. The first kappa shape index (κ1) is 17.6. The Morgan fingerprint density at radius 1 is 1.35 bits per heavy atom. The molecular weight excluding hydrogens is 298 g/mol. The molecule has 1 aliphatic rings. The van der Waals surface area contributed by atoms with E-state index in [0.29, 0.717) is 18.4 Å². The van der Waals surface area contributed by atoms with E-state index in [1.165, 1.54) is 7.11 Å². The first-order valence-electron chi connectivity index (χ1n) is 7.70. The van der Waals surface area contributed by atoms with Crippen LogP contribution < -0.4 is 10.2 Å². The molecule has 2 unspecified atom stereocenters. The molecule has 0 saturated heterocycles. The molecule has 1 aromatic carbocycles. The number of hydrogen-bond acceptors (Lipinski definition) is 4. The van der Waals surface area contributed by atoms with Gasteiger partial charge >= 0.3 is 5.97 Å². The van der Waals surface area contributed by atoms with Crippen molar-refractivity contribution in [1.82, 2.24) is 5.48 Å². The zero-order valence-electron chi connectivity index (χ0n) is 14.3. The maximum atomic E-state index is 12.2. The monoisotopic (exact) mass is 322 g/mol. The largest absolute Gasteiger partial charge is 0.487 e. The predicted molar refractivity (Wildman–Crippen MR) is 84.3 cm³/mol. The second-order valence-corrected chi connectivity index (χ2v) is 6.48. The van der Waals surface area contributed by atoms with E-state index in [2.05, 4.69) is 5.48 Å². The van der Waals surface area contributed by atoms with Crippen LogP contribution >= 0.6 is 0 Å². The van der Waals surface area contributed by atoms with Crippen molar-refractivity contribution >= 4 is 5.97 Å². The number of nitrogens with one attached hydrogen (secondary N) is 1. The summed E-state index contributed by atoms with van der Waals surface area (Å²) >= 11 is 0. The van der Waals surface area contributed by atoms with E-state index in [1.807, 2.05) is 20.8 Å². The Morgan fingerprint density at radius 3 is 2.57 bits per heavy atom. The van der Waals surface area contributed by atoms with Gasteiger partial charge in [0, 0.05) is 23.1 Å². The minimum absolute atomic E-state index is 0.0675. The Labute approximate surface area is 136 Å². The van der Waals surface area contributed by atoms with Crippen molar-refractivity contribution in [2.45, 2.75) is 58.6 Å². The first-order chi connectivity index (χ1) is 10.7. The molecule has 0 spiro atoms. The third-order valence-corrected chi connectivity index (χ3v) is 4.76. The normalized spacial score (nSPS) is 21.4. The fraction of sp³-hybridized carbons (Fsp3) is 0.588. The Morgan fingerprint density at radius 2 is 2.00 bits per heavy atom. The Balaban J connectivity index is 2.33. The lowest BCUT2D eigenvalue weighted by Gasteiger charge is -2.39. The number of carboxylic acids is 1. The molecule has 0 aromatic heterocycles. The number of benzene rings is 1. The molecule has 1 aliphatic heterocycles. The Bertz CT molecular complexity index is 628. The number of hydroxylamine groups is 1. The smallest absolute Gasteiger partial charge is 0.323 e. The predicted octanol–water partition coefficient (Wildman–Crippen LogP) is 2.83. The first-order valence-corrected chi connectivity index (χ1v) is 7.70. The van der Waals surface area contributed by atoms with Crippen molar-refractivity contribution in [1.29, 1.82) is 0 Å². The number of fused-ring (bicyclic) bond motifs is 1. The summed E-state index contributed by atoms with van der Waals surface area (Å²) in [6.07, 6.45) is 1.62. The second kappa shape index (κ2) is 6.37. The van der Waals surface area contributed by atoms with Gasteiger partial charge in [-0.2, -0.15) is 5.48 Å². The molecule has 1 radical (unpaired) electrons. The van der Waals surface area contributed by atoms with E-state index in [0.717, 1.165) is 22.4 Å². The number of aliphatic carboxylic acids is 1. The van der Waals surface area contributed by atoms with Gasteiger partial charge < -0.3 is 14.7 Å². The topological polar surface area (TPSA) is 87.7 Å². The molecule has 2 atom stereocenters. The number of rotatable bonds is 5. The van der Waals surface area contributed by atoms with E-state index < -0.39 is 17.6 Å². The maximum absolute atomic E-state index is 12.2. The van der Waals surface area contributed by atoms with Gasteiger partial charge in [0.05, 0.1) is 7.11 Å². The van der Waals surface area contributed by atoms with Gasteiger partial charge in [0.1, 0.15) is 17.4 Å². The maximum Gasteiger partial charge on any atom is 0.323 e. The number of ether oxygens (including phenoxy) is 1. The van der Waals surface area contributed by atoms with Gasteiger partial charge in [-0.05, 0) is 46.1 Å². The van der Waals surface area contributed by atoms with Gasteiger partial charge in [0.25, 0.3) is 0 Å². The van der Waals surface area contributed by atoms with Crippen LogP contribution in [0, 0.1) is 20.8 Å². The third kappa shape index (κ3) is 3.28. The molecule has 0 amide bonds. The van der Waals surface area contributed by atoms with Crippen molar-refractivity contribution in [3.8, 4) is 11.5 Å². The number of hydrogen-bond donors (Lipinski definition) is 2. The molecule has 0 fully saturated rings. The highest BCUT2D eigenvalue weighted by molar-refractivity contribution is 5.73. The molecule has 0 bridgehead atoms. The lowest BCUT2D eigenvalue weighted by molar-refractivity contribution is -0.145. The molecular formula is C17H24NO5. The number of carboxylic acid groups (broad SMARTS) is 1. The van der Waals surface area contributed by atoms with Crippen molar-refractivity contribution in [3.63, 3.8) is 0 Å². The van der Waals surface area contributed by atoms with Crippen molar-refractivity contribution in [3.05, 3.63) is 22.3 Å². The molecule has 127 valence electrons. The minimum Gasteiger partial charge on any atom is -0.487 e. The van der Waals surface area contributed by atoms with Crippen LogP contribution in [0.3, 0.4) is 0 Å². The molecule has 1 heterocycles.